The van der Waals surface area contributed by atoms with E-state index in [0.717, 1.165) is 9.80 Å². The van der Waals surface area contributed by atoms with E-state index in [0.29, 0.717) is 12.1 Å². The first-order valence-corrected chi connectivity index (χ1v) is 6.44. The van der Waals surface area contributed by atoms with Crippen molar-refractivity contribution in [1.29, 1.82) is 0 Å². The van der Waals surface area contributed by atoms with E-state index in [1.807, 2.05) is 0 Å². The standard InChI is InChI=1S/C13H12F2N4O4/c1-3-23-13(20)8-6-16-18(7-8)17(2)11-4-9(14)10(15)5-12(11)19(21)22/h4-7H,3H2,1-2H3. The Bertz CT molecular complexity index is 762. The molecular formula is C13H12F2N4O4. The second-order valence-corrected chi connectivity index (χ2v) is 4.41. The van der Waals surface area contributed by atoms with Gasteiger partial charge in [0.05, 0.1) is 35.6 Å². The topological polar surface area (TPSA) is 90.5 Å². The number of carbonyl (C=O) groups is 1. The summed E-state index contributed by atoms with van der Waals surface area (Å²) >= 11 is 0. The van der Waals surface area contributed by atoms with Gasteiger partial charge in [-0.2, -0.15) is 9.89 Å². The molecule has 8 nitrogen and oxygen atoms in total. The first-order chi connectivity index (χ1) is 10.8. The highest BCUT2D eigenvalue weighted by molar-refractivity contribution is 5.88. The summed E-state index contributed by atoms with van der Waals surface area (Å²) in [7, 11) is 1.35. The first kappa shape index (κ1) is 16.3. The Morgan fingerprint density at radius 3 is 2.70 bits per heavy atom. The zero-order valence-electron chi connectivity index (χ0n) is 12.2. The number of nitro benzene ring substituents is 1. The molecule has 1 heterocycles. The average molecular weight is 326 g/mol. The van der Waals surface area contributed by atoms with Crippen molar-refractivity contribution < 1.29 is 23.2 Å². The van der Waals surface area contributed by atoms with E-state index in [1.165, 1.54) is 19.4 Å². The van der Waals surface area contributed by atoms with Crippen LogP contribution in [-0.4, -0.2) is 34.4 Å². The molecule has 10 heteroatoms. The molecule has 0 unspecified atom stereocenters. The van der Waals surface area contributed by atoms with Gasteiger partial charge in [-0.05, 0) is 6.92 Å². The number of hydrogen-bond acceptors (Lipinski definition) is 6. The second-order valence-electron chi connectivity index (χ2n) is 4.41. The molecule has 0 aliphatic carbocycles. The van der Waals surface area contributed by atoms with Crippen LogP contribution in [0.2, 0.25) is 0 Å². The molecule has 0 spiro atoms. The van der Waals surface area contributed by atoms with Gasteiger partial charge in [-0.15, -0.1) is 0 Å². The largest absolute Gasteiger partial charge is 0.462 e. The summed E-state index contributed by atoms with van der Waals surface area (Å²) in [6.45, 7) is 1.81. The van der Waals surface area contributed by atoms with Crippen molar-refractivity contribution in [3.8, 4) is 0 Å². The van der Waals surface area contributed by atoms with Gasteiger partial charge in [0.25, 0.3) is 5.69 Å². The van der Waals surface area contributed by atoms with Crippen molar-refractivity contribution in [3.05, 3.63) is 51.8 Å². The van der Waals surface area contributed by atoms with Crippen molar-refractivity contribution >= 4 is 17.3 Å². The van der Waals surface area contributed by atoms with Crippen molar-refractivity contribution in [2.45, 2.75) is 6.92 Å². The number of hydrogen-bond donors (Lipinski definition) is 0. The monoisotopic (exact) mass is 326 g/mol. The lowest BCUT2D eigenvalue weighted by atomic mass is 10.2. The Hall–Kier alpha value is -3.04. The smallest absolute Gasteiger partial charge is 0.341 e. The van der Waals surface area contributed by atoms with Crippen LogP contribution in [0.25, 0.3) is 0 Å². The number of anilines is 1. The molecule has 23 heavy (non-hydrogen) atoms. The second kappa shape index (κ2) is 6.38. The number of benzene rings is 1. The van der Waals surface area contributed by atoms with Gasteiger partial charge >= 0.3 is 5.97 Å². The molecule has 0 N–H and O–H groups in total. The third-order valence-electron chi connectivity index (χ3n) is 2.95. The highest BCUT2D eigenvalue weighted by atomic mass is 19.2. The summed E-state index contributed by atoms with van der Waals surface area (Å²) < 4.78 is 31.4. The number of rotatable bonds is 5. The fraction of sp³-hybridized carbons (Fsp3) is 0.231. The fourth-order valence-corrected chi connectivity index (χ4v) is 1.84. The molecule has 0 fully saturated rings. The normalized spacial score (nSPS) is 10.4. The molecule has 0 saturated heterocycles. The van der Waals surface area contributed by atoms with Crippen LogP contribution in [0, 0.1) is 21.7 Å². The Balaban J connectivity index is 2.41. The lowest BCUT2D eigenvalue weighted by Crippen LogP contribution is -2.26. The molecule has 0 saturated carbocycles. The van der Waals surface area contributed by atoms with Crippen LogP contribution in [0.5, 0.6) is 0 Å². The summed E-state index contributed by atoms with van der Waals surface area (Å²) in [6.07, 6.45) is 2.45. The molecule has 0 aliphatic rings. The maximum Gasteiger partial charge on any atom is 0.341 e. The first-order valence-electron chi connectivity index (χ1n) is 6.44. The summed E-state index contributed by atoms with van der Waals surface area (Å²) in [6, 6.07) is 1.16. The molecule has 0 radical (unpaired) electrons. The molecule has 122 valence electrons. The van der Waals surface area contributed by atoms with Gasteiger partial charge in [-0.1, -0.05) is 0 Å². The Kier molecular flexibility index (Phi) is 4.53. The summed E-state index contributed by atoms with van der Waals surface area (Å²) in [5.74, 6) is -3.19. The quantitative estimate of drug-likeness (QED) is 0.475. The maximum atomic E-state index is 13.4. The number of ether oxygens (including phenoxy) is 1. The molecule has 0 aliphatic heterocycles. The van der Waals surface area contributed by atoms with Crippen LogP contribution in [0.4, 0.5) is 20.2 Å². The van der Waals surface area contributed by atoms with Crippen molar-refractivity contribution in [1.82, 2.24) is 9.89 Å². The molecule has 0 bridgehead atoms. The maximum absolute atomic E-state index is 13.4. The van der Waals surface area contributed by atoms with Crippen LogP contribution < -0.4 is 5.01 Å². The van der Waals surface area contributed by atoms with Gasteiger partial charge < -0.3 is 4.74 Å². The zero-order valence-corrected chi connectivity index (χ0v) is 12.2. The van der Waals surface area contributed by atoms with E-state index in [2.05, 4.69) is 5.10 Å². The van der Waals surface area contributed by atoms with E-state index in [4.69, 9.17) is 4.74 Å². The number of esters is 1. The minimum Gasteiger partial charge on any atom is -0.462 e. The number of carbonyl (C=O) groups excluding carboxylic acids is 1. The lowest BCUT2D eigenvalue weighted by Gasteiger charge is -2.18. The molecule has 1 aromatic carbocycles. The van der Waals surface area contributed by atoms with Crippen molar-refractivity contribution in [3.63, 3.8) is 0 Å². The number of nitro groups is 1. The SMILES string of the molecule is CCOC(=O)c1cnn(N(C)c2cc(F)c(F)cc2[N+](=O)[O-])c1. The Morgan fingerprint density at radius 1 is 1.43 bits per heavy atom. The van der Waals surface area contributed by atoms with Crippen molar-refractivity contribution in [2.24, 2.45) is 0 Å². The summed E-state index contributed by atoms with van der Waals surface area (Å²) in [5.41, 5.74) is -0.754. The summed E-state index contributed by atoms with van der Waals surface area (Å²) in [4.78, 5) is 22.8. The van der Waals surface area contributed by atoms with Crippen LogP contribution >= 0.6 is 0 Å². The van der Waals surface area contributed by atoms with Crippen LogP contribution in [0.3, 0.4) is 0 Å². The predicted molar refractivity (Wildman–Crippen MR) is 75.0 cm³/mol. The third-order valence-corrected chi connectivity index (χ3v) is 2.95. The molecule has 2 rings (SSSR count). The van der Waals surface area contributed by atoms with E-state index in [1.54, 1.807) is 6.92 Å². The minimum absolute atomic E-state index is 0.115. The number of halogens is 2. The van der Waals surface area contributed by atoms with Gasteiger partial charge in [0.1, 0.15) is 5.69 Å². The predicted octanol–water partition coefficient (Wildman–Crippen LogP) is 2.15. The van der Waals surface area contributed by atoms with Gasteiger partial charge in [0.15, 0.2) is 11.6 Å². The molecule has 1 aromatic heterocycles. The van der Waals surface area contributed by atoms with E-state index >= 15 is 0 Å². The Morgan fingerprint density at radius 2 is 2.09 bits per heavy atom. The van der Waals surface area contributed by atoms with Crippen LogP contribution in [0.1, 0.15) is 17.3 Å². The van der Waals surface area contributed by atoms with E-state index < -0.39 is 28.2 Å². The molecule has 0 amide bonds. The van der Waals surface area contributed by atoms with Gasteiger partial charge in [0.2, 0.25) is 0 Å². The lowest BCUT2D eigenvalue weighted by molar-refractivity contribution is -0.384. The van der Waals surface area contributed by atoms with Gasteiger partial charge in [-0.25, -0.2) is 13.6 Å². The molecule has 0 atom stereocenters. The fourth-order valence-electron chi connectivity index (χ4n) is 1.84. The van der Waals surface area contributed by atoms with Gasteiger partial charge in [0, 0.05) is 13.1 Å². The minimum atomic E-state index is -1.33. The number of aromatic nitrogens is 2. The highest BCUT2D eigenvalue weighted by Crippen LogP contribution is 2.30. The number of nitrogens with zero attached hydrogens (tertiary/aromatic N) is 4. The zero-order chi connectivity index (χ0) is 17.1. The Labute approximate surface area is 129 Å². The highest BCUT2D eigenvalue weighted by Gasteiger charge is 2.23. The van der Waals surface area contributed by atoms with Crippen molar-refractivity contribution in [2.75, 3.05) is 18.7 Å². The van der Waals surface area contributed by atoms with Crippen LogP contribution in [-0.2, 0) is 4.74 Å². The summed E-state index contributed by atoms with van der Waals surface area (Å²) in [5, 5.41) is 16.0. The van der Waals surface area contributed by atoms with Crippen LogP contribution in [0.15, 0.2) is 24.5 Å². The molecule has 2 aromatic rings. The van der Waals surface area contributed by atoms with E-state index in [-0.39, 0.29) is 17.9 Å². The third kappa shape index (κ3) is 3.25. The van der Waals surface area contributed by atoms with E-state index in [9.17, 15) is 23.7 Å². The van der Waals surface area contributed by atoms with Gasteiger partial charge in [-0.3, -0.25) is 15.1 Å². The average Bonchev–Trinajstić information content (AvgIpc) is 2.99. The molecular weight excluding hydrogens is 314 g/mol.